The van der Waals surface area contributed by atoms with E-state index in [0.717, 1.165) is 19.3 Å². The molecule has 1 fully saturated rings. The highest BCUT2D eigenvalue weighted by atomic mass is 16.3. The predicted molar refractivity (Wildman–Crippen MR) is 56.8 cm³/mol. The highest BCUT2D eigenvalue weighted by Crippen LogP contribution is 2.26. The first kappa shape index (κ1) is 11.1. The summed E-state index contributed by atoms with van der Waals surface area (Å²) in [5.74, 6) is 1.04. The number of aliphatic hydroxyl groups is 1. The summed E-state index contributed by atoms with van der Waals surface area (Å²) in [6.07, 6.45) is 2.09. The van der Waals surface area contributed by atoms with Crippen LogP contribution in [0.1, 0.15) is 36.2 Å². The van der Waals surface area contributed by atoms with Crippen molar-refractivity contribution in [3.63, 3.8) is 0 Å². The molecular formula is C10H16N4O2. The van der Waals surface area contributed by atoms with Gasteiger partial charge in [0.05, 0.1) is 6.10 Å². The van der Waals surface area contributed by atoms with Crippen molar-refractivity contribution in [2.24, 2.45) is 5.92 Å². The Hall–Kier alpha value is -1.43. The van der Waals surface area contributed by atoms with Crippen LogP contribution in [-0.2, 0) is 6.42 Å². The average molecular weight is 224 g/mol. The predicted octanol–water partition coefficient (Wildman–Crippen LogP) is -0.132. The zero-order valence-corrected chi connectivity index (χ0v) is 9.23. The molecule has 0 spiro atoms. The van der Waals surface area contributed by atoms with Gasteiger partial charge in [-0.3, -0.25) is 9.89 Å². The van der Waals surface area contributed by atoms with E-state index in [1.807, 2.05) is 6.92 Å². The minimum absolute atomic E-state index is 0.183. The van der Waals surface area contributed by atoms with Gasteiger partial charge < -0.3 is 10.4 Å². The number of hydrogen-bond acceptors (Lipinski definition) is 4. The molecule has 6 nitrogen and oxygen atoms in total. The van der Waals surface area contributed by atoms with Crippen molar-refractivity contribution in [3.8, 4) is 0 Å². The number of hydrogen-bond donors (Lipinski definition) is 3. The molecule has 0 saturated heterocycles. The number of nitrogens with one attached hydrogen (secondary N) is 2. The third-order valence-electron chi connectivity index (χ3n) is 2.83. The zero-order chi connectivity index (χ0) is 11.5. The van der Waals surface area contributed by atoms with E-state index in [-0.39, 0.29) is 17.8 Å². The van der Waals surface area contributed by atoms with E-state index in [2.05, 4.69) is 20.5 Å². The first-order chi connectivity index (χ1) is 7.69. The summed E-state index contributed by atoms with van der Waals surface area (Å²) in [7, 11) is 0. The monoisotopic (exact) mass is 224 g/mol. The Balaban J connectivity index is 1.79. The number of aromatic nitrogens is 3. The van der Waals surface area contributed by atoms with Crippen LogP contribution in [-0.4, -0.2) is 38.8 Å². The van der Waals surface area contributed by atoms with Crippen LogP contribution in [0.3, 0.4) is 0 Å². The van der Waals surface area contributed by atoms with Gasteiger partial charge >= 0.3 is 0 Å². The van der Waals surface area contributed by atoms with Crippen LogP contribution in [0.15, 0.2) is 0 Å². The van der Waals surface area contributed by atoms with Crippen molar-refractivity contribution in [2.75, 3.05) is 6.54 Å². The number of H-pyrrole nitrogens is 1. The largest absolute Gasteiger partial charge is 0.393 e. The number of carbonyl (C=O) groups excluding carboxylic acids is 1. The van der Waals surface area contributed by atoms with Crippen LogP contribution in [0.5, 0.6) is 0 Å². The normalized spacial score (nSPS) is 23.9. The summed E-state index contributed by atoms with van der Waals surface area (Å²) < 4.78 is 0. The number of aliphatic hydroxyl groups excluding tert-OH is 1. The molecule has 16 heavy (non-hydrogen) atoms. The summed E-state index contributed by atoms with van der Waals surface area (Å²) in [5, 5.41) is 18.4. The van der Waals surface area contributed by atoms with Crippen LogP contribution in [0.2, 0.25) is 0 Å². The van der Waals surface area contributed by atoms with Crippen molar-refractivity contribution in [2.45, 2.75) is 32.3 Å². The highest BCUT2D eigenvalue weighted by molar-refractivity contribution is 5.90. The molecule has 0 aromatic carbocycles. The molecule has 1 aromatic rings. The molecule has 0 unspecified atom stereocenters. The second-order valence-electron chi connectivity index (χ2n) is 4.16. The molecule has 3 N–H and O–H groups in total. The van der Waals surface area contributed by atoms with Crippen molar-refractivity contribution in [3.05, 3.63) is 11.6 Å². The SMILES string of the molecule is CCc1nc(C(=O)NCC2CC(O)C2)n[nH]1. The van der Waals surface area contributed by atoms with Gasteiger partial charge in [0.15, 0.2) is 0 Å². The number of carbonyl (C=O) groups is 1. The molecule has 1 amide bonds. The van der Waals surface area contributed by atoms with Gasteiger partial charge in [-0.1, -0.05) is 6.92 Å². The van der Waals surface area contributed by atoms with E-state index in [0.29, 0.717) is 18.3 Å². The second kappa shape index (κ2) is 4.61. The van der Waals surface area contributed by atoms with Gasteiger partial charge in [0, 0.05) is 13.0 Å². The zero-order valence-electron chi connectivity index (χ0n) is 9.23. The Bertz CT molecular complexity index is 371. The van der Waals surface area contributed by atoms with E-state index in [9.17, 15) is 4.79 Å². The fourth-order valence-electron chi connectivity index (χ4n) is 1.74. The summed E-state index contributed by atoms with van der Waals surface area (Å²) in [6.45, 7) is 2.53. The lowest BCUT2D eigenvalue weighted by Crippen LogP contribution is -2.38. The molecule has 1 aromatic heterocycles. The number of rotatable bonds is 4. The van der Waals surface area contributed by atoms with E-state index >= 15 is 0 Å². The molecule has 2 rings (SSSR count). The molecule has 1 saturated carbocycles. The number of aromatic amines is 1. The minimum Gasteiger partial charge on any atom is -0.393 e. The van der Waals surface area contributed by atoms with Crippen LogP contribution in [0, 0.1) is 5.92 Å². The van der Waals surface area contributed by atoms with E-state index < -0.39 is 0 Å². The fourth-order valence-corrected chi connectivity index (χ4v) is 1.74. The van der Waals surface area contributed by atoms with Gasteiger partial charge in [0.1, 0.15) is 5.82 Å². The van der Waals surface area contributed by atoms with E-state index in [1.54, 1.807) is 0 Å². The van der Waals surface area contributed by atoms with Crippen LogP contribution in [0.25, 0.3) is 0 Å². The lowest BCUT2D eigenvalue weighted by molar-refractivity contribution is 0.0419. The number of nitrogens with zero attached hydrogens (tertiary/aromatic N) is 2. The van der Waals surface area contributed by atoms with Gasteiger partial charge in [-0.15, -0.1) is 5.10 Å². The number of aryl methyl sites for hydroxylation is 1. The Labute approximate surface area is 93.5 Å². The van der Waals surface area contributed by atoms with Crippen molar-refractivity contribution in [1.29, 1.82) is 0 Å². The molecule has 1 heterocycles. The third kappa shape index (κ3) is 2.38. The Morgan fingerprint density at radius 2 is 2.38 bits per heavy atom. The van der Waals surface area contributed by atoms with Crippen molar-refractivity contribution < 1.29 is 9.90 Å². The lowest BCUT2D eigenvalue weighted by Gasteiger charge is -2.31. The van der Waals surface area contributed by atoms with Gasteiger partial charge in [0.25, 0.3) is 5.91 Å². The Kier molecular flexibility index (Phi) is 3.19. The minimum atomic E-state index is -0.252. The Morgan fingerprint density at radius 3 is 2.94 bits per heavy atom. The molecule has 88 valence electrons. The maximum Gasteiger partial charge on any atom is 0.290 e. The number of amides is 1. The smallest absolute Gasteiger partial charge is 0.290 e. The molecule has 0 radical (unpaired) electrons. The molecular weight excluding hydrogens is 208 g/mol. The topological polar surface area (TPSA) is 90.9 Å². The Morgan fingerprint density at radius 1 is 1.62 bits per heavy atom. The van der Waals surface area contributed by atoms with Gasteiger partial charge in [-0.05, 0) is 18.8 Å². The summed E-state index contributed by atoms with van der Waals surface area (Å²) in [5.41, 5.74) is 0. The summed E-state index contributed by atoms with van der Waals surface area (Å²) >= 11 is 0. The molecule has 0 atom stereocenters. The average Bonchev–Trinajstić information content (AvgIpc) is 2.70. The van der Waals surface area contributed by atoms with Gasteiger partial charge in [-0.25, -0.2) is 4.98 Å². The van der Waals surface area contributed by atoms with Gasteiger partial charge in [-0.2, -0.15) is 0 Å². The molecule has 0 aliphatic heterocycles. The van der Waals surface area contributed by atoms with E-state index in [1.165, 1.54) is 0 Å². The standard InChI is InChI=1S/C10H16N4O2/c1-2-8-12-9(14-13-8)10(16)11-5-6-3-7(15)4-6/h6-7,15H,2-5H2,1H3,(H,11,16)(H,12,13,14). The third-order valence-corrected chi connectivity index (χ3v) is 2.83. The quantitative estimate of drug-likeness (QED) is 0.664. The van der Waals surface area contributed by atoms with E-state index in [4.69, 9.17) is 5.11 Å². The molecule has 1 aliphatic carbocycles. The first-order valence-electron chi connectivity index (χ1n) is 5.56. The van der Waals surface area contributed by atoms with Crippen molar-refractivity contribution >= 4 is 5.91 Å². The maximum atomic E-state index is 11.6. The van der Waals surface area contributed by atoms with Crippen LogP contribution < -0.4 is 5.32 Å². The molecule has 0 bridgehead atoms. The molecule has 1 aliphatic rings. The van der Waals surface area contributed by atoms with Crippen LogP contribution >= 0.6 is 0 Å². The maximum absolute atomic E-state index is 11.6. The van der Waals surface area contributed by atoms with Gasteiger partial charge in [0.2, 0.25) is 5.82 Å². The lowest BCUT2D eigenvalue weighted by atomic mass is 9.82. The highest BCUT2D eigenvalue weighted by Gasteiger charge is 2.27. The first-order valence-corrected chi connectivity index (χ1v) is 5.56. The van der Waals surface area contributed by atoms with Crippen LogP contribution in [0.4, 0.5) is 0 Å². The second-order valence-corrected chi connectivity index (χ2v) is 4.16. The summed E-state index contributed by atoms with van der Waals surface area (Å²) in [6, 6.07) is 0. The summed E-state index contributed by atoms with van der Waals surface area (Å²) in [4.78, 5) is 15.6. The molecule has 6 heteroatoms. The fraction of sp³-hybridized carbons (Fsp3) is 0.700. The van der Waals surface area contributed by atoms with Crippen molar-refractivity contribution in [1.82, 2.24) is 20.5 Å².